The zero-order valence-corrected chi connectivity index (χ0v) is 8.24. The quantitative estimate of drug-likeness (QED) is 0.695. The lowest BCUT2D eigenvalue weighted by Gasteiger charge is -1.96. The van der Waals surface area contributed by atoms with Crippen molar-refractivity contribution in [3.63, 3.8) is 0 Å². The summed E-state index contributed by atoms with van der Waals surface area (Å²) in [6, 6.07) is 1.98. The van der Waals surface area contributed by atoms with Crippen LogP contribution in [0.2, 0.25) is 0 Å². The monoisotopic (exact) mass is 225 g/mol. The molecule has 0 amide bonds. The first-order chi connectivity index (χ1) is 5.83. The number of nitrogens with zero attached hydrogens (tertiary/aromatic N) is 3. The van der Waals surface area contributed by atoms with Gasteiger partial charge in [-0.15, -0.1) is 0 Å². The lowest BCUT2D eigenvalue weighted by Crippen LogP contribution is -1.88. The molecule has 0 fully saturated rings. The van der Waals surface area contributed by atoms with Crippen LogP contribution >= 0.6 is 15.9 Å². The molecule has 12 heavy (non-hydrogen) atoms. The standard InChI is InChI=1S/C8H8BrN3/c1-12-5-11-7-6(4-9)2-3-10-8(7)12/h2-3,5H,4H2,1H3. The van der Waals surface area contributed by atoms with Crippen molar-refractivity contribution >= 4 is 27.1 Å². The van der Waals surface area contributed by atoms with Crippen molar-refractivity contribution in [1.29, 1.82) is 0 Å². The Hall–Kier alpha value is -0.900. The van der Waals surface area contributed by atoms with E-state index < -0.39 is 0 Å². The van der Waals surface area contributed by atoms with Crippen molar-refractivity contribution in [2.45, 2.75) is 5.33 Å². The molecule has 0 N–H and O–H groups in total. The number of halogens is 1. The summed E-state index contributed by atoms with van der Waals surface area (Å²) in [6.45, 7) is 0. The van der Waals surface area contributed by atoms with Gasteiger partial charge in [0.1, 0.15) is 5.52 Å². The molecule has 0 unspecified atom stereocenters. The minimum atomic E-state index is 0.822. The van der Waals surface area contributed by atoms with E-state index in [1.807, 2.05) is 17.7 Å². The van der Waals surface area contributed by atoms with E-state index in [1.165, 1.54) is 5.56 Å². The van der Waals surface area contributed by atoms with Crippen molar-refractivity contribution in [2.24, 2.45) is 7.05 Å². The first-order valence-corrected chi connectivity index (χ1v) is 4.76. The van der Waals surface area contributed by atoms with Crippen molar-refractivity contribution in [2.75, 3.05) is 0 Å². The summed E-state index contributed by atoms with van der Waals surface area (Å²) < 4.78 is 1.92. The third-order valence-corrected chi connectivity index (χ3v) is 2.43. The summed E-state index contributed by atoms with van der Waals surface area (Å²) >= 11 is 3.41. The molecule has 4 heteroatoms. The Morgan fingerprint density at radius 2 is 2.33 bits per heavy atom. The number of rotatable bonds is 1. The van der Waals surface area contributed by atoms with Gasteiger partial charge < -0.3 is 4.57 Å². The number of aryl methyl sites for hydroxylation is 1. The van der Waals surface area contributed by atoms with E-state index in [9.17, 15) is 0 Å². The first-order valence-electron chi connectivity index (χ1n) is 3.64. The highest BCUT2D eigenvalue weighted by atomic mass is 79.9. The summed E-state index contributed by atoms with van der Waals surface area (Å²) in [5.74, 6) is 0. The Labute approximate surface area is 78.6 Å². The van der Waals surface area contributed by atoms with Gasteiger partial charge >= 0.3 is 0 Å². The smallest absolute Gasteiger partial charge is 0.159 e. The lowest BCUT2D eigenvalue weighted by molar-refractivity contribution is 0.931. The van der Waals surface area contributed by atoms with E-state index in [4.69, 9.17) is 0 Å². The SMILES string of the molecule is Cn1cnc2c(CBr)ccnc21. The van der Waals surface area contributed by atoms with E-state index in [0.29, 0.717) is 0 Å². The van der Waals surface area contributed by atoms with Crippen LogP contribution in [0.5, 0.6) is 0 Å². The second-order valence-corrected chi connectivity index (χ2v) is 3.19. The van der Waals surface area contributed by atoms with Crippen molar-refractivity contribution in [1.82, 2.24) is 14.5 Å². The molecule has 2 aromatic rings. The molecule has 62 valence electrons. The Morgan fingerprint density at radius 3 is 3.08 bits per heavy atom. The van der Waals surface area contributed by atoms with Crippen LogP contribution in [0, 0.1) is 0 Å². The zero-order valence-electron chi connectivity index (χ0n) is 6.66. The molecular formula is C8H8BrN3. The van der Waals surface area contributed by atoms with Crippen LogP contribution in [-0.2, 0) is 12.4 Å². The van der Waals surface area contributed by atoms with Crippen LogP contribution in [0.25, 0.3) is 11.2 Å². The highest BCUT2D eigenvalue weighted by molar-refractivity contribution is 9.08. The highest BCUT2D eigenvalue weighted by Gasteiger charge is 2.04. The van der Waals surface area contributed by atoms with E-state index in [2.05, 4.69) is 25.9 Å². The van der Waals surface area contributed by atoms with E-state index in [1.54, 1.807) is 12.5 Å². The van der Waals surface area contributed by atoms with Gasteiger partial charge in [0, 0.05) is 18.6 Å². The van der Waals surface area contributed by atoms with Gasteiger partial charge in [-0.05, 0) is 11.6 Å². The van der Waals surface area contributed by atoms with Gasteiger partial charge in [0.25, 0.3) is 0 Å². The average molecular weight is 226 g/mol. The van der Waals surface area contributed by atoms with Gasteiger partial charge in [-0.1, -0.05) is 15.9 Å². The summed E-state index contributed by atoms with van der Waals surface area (Å²) in [6.07, 6.45) is 3.59. The predicted octanol–water partition coefficient (Wildman–Crippen LogP) is 1.86. The molecule has 0 saturated carbocycles. The minimum absolute atomic E-state index is 0.822. The number of fused-ring (bicyclic) bond motifs is 1. The van der Waals surface area contributed by atoms with Crippen molar-refractivity contribution < 1.29 is 0 Å². The molecule has 2 rings (SSSR count). The number of alkyl halides is 1. The van der Waals surface area contributed by atoms with Gasteiger partial charge in [-0.2, -0.15) is 0 Å². The Balaban J connectivity index is 2.81. The van der Waals surface area contributed by atoms with Crippen LogP contribution in [0.15, 0.2) is 18.6 Å². The molecule has 0 aliphatic heterocycles. The molecular weight excluding hydrogens is 218 g/mol. The molecule has 0 aliphatic carbocycles. The molecule has 0 bridgehead atoms. The maximum Gasteiger partial charge on any atom is 0.159 e. The van der Waals surface area contributed by atoms with Gasteiger partial charge in [-0.25, -0.2) is 9.97 Å². The van der Waals surface area contributed by atoms with E-state index in [-0.39, 0.29) is 0 Å². The third kappa shape index (κ3) is 1.03. The molecule has 2 aromatic heterocycles. The van der Waals surface area contributed by atoms with E-state index in [0.717, 1.165) is 16.5 Å². The number of pyridine rings is 1. The van der Waals surface area contributed by atoms with Crippen LogP contribution in [0.4, 0.5) is 0 Å². The van der Waals surface area contributed by atoms with Crippen molar-refractivity contribution in [3.8, 4) is 0 Å². The molecule has 0 spiro atoms. The zero-order chi connectivity index (χ0) is 8.55. The van der Waals surface area contributed by atoms with Crippen LogP contribution in [0.3, 0.4) is 0 Å². The molecule has 0 atom stereocenters. The third-order valence-electron chi connectivity index (χ3n) is 1.83. The fourth-order valence-electron chi connectivity index (χ4n) is 1.19. The number of hydrogen-bond acceptors (Lipinski definition) is 2. The number of hydrogen-bond donors (Lipinski definition) is 0. The fraction of sp³-hybridized carbons (Fsp3) is 0.250. The number of imidazole rings is 1. The van der Waals surface area contributed by atoms with Crippen molar-refractivity contribution in [3.05, 3.63) is 24.2 Å². The molecule has 0 aliphatic rings. The summed E-state index contributed by atoms with van der Waals surface area (Å²) in [5, 5.41) is 0.822. The van der Waals surface area contributed by atoms with Gasteiger partial charge in [0.05, 0.1) is 6.33 Å². The van der Waals surface area contributed by atoms with Gasteiger partial charge in [0.15, 0.2) is 5.65 Å². The Bertz CT molecular complexity index is 408. The van der Waals surface area contributed by atoms with E-state index >= 15 is 0 Å². The second kappa shape index (κ2) is 2.86. The lowest BCUT2D eigenvalue weighted by atomic mass is 10.3. The molecule has 3 nitrogen and oxygen atoms in total. The second-order valence-electron chi connectivity index (χ2n) is 2.63. The highest BCUT2D eigenvalue weighted by Crippen LogP contribution is 2.15. The Morgan fingerprint density at radius 1 is 1.50 bits per heavy atom. The minimum Gasteiger partial charge on any atom is -0.318 e. The van der Waals surface area contributed by atoms with Crippen LogP contribution in [-0.4, -0.2) is 14.5 Å². The van der Waals surface area contributed by atoms with Gasteiger partial charge in [0.2, 0.25) is 0 Å². The topological polar surface area (TPSA) is 30.7 Å². The predicted molar refractivity (Wildman–Crippen MR) is 51.1 cm³/mol. The van der Waals surface area contributed by atoms with Gasteiger partial charge in [-0.3, -0.25) is 0 Å². The number of aromatic nitrogens is 3. The molecule has 0 radical (unpaired) electrons. The molecule has 2 heterocycles. The fourth-order valence-corrected chi connectivity index (χ4v) is 1.64. The average Bonchev–Trinajstić information content (AvgIpc) is 2.48. The largest absolute Gasteiger partial charge is 0.318 e. The Kier molecular flexibility index (Phi) is 1.84. The molecule has 0 aromatic carbocycles. The summed E-state index contributed by atoms with van der Waals surface area (Å²) in [5.41, 5.74) is 3.10. The van der Waals surface area contributed by atoms with Crippen LogP contribution in [0.1, 0.15) is 5.56 Å². The van der Waals surface area contributed by atoms with Crippen LogP contribution < -0.4 is 0 Å². The summed E-state index contributed by atoms with van der Waals surface area (Å²) in [7, 11) is 1.94. The summed E-state index contributed by atoms with van der Waals surface area (Å²) in [4.78, 5) is 8.49. The first kappa shape index (κ1) is 7.73. The maximum absolute atomic E-state index is 4.26. The maximum atomic E-state index is 4.26. The normalized spacial score (nSPS) is 10.8. The molecule has 0 saturated heterocycles.